The average molecular weight is 362 g/mol. The first-order chi connectivity index (χ1) is 13.2. The van der Waals surface area contributed by atoms with Gasteiger partial charge in [-0.25, -0.2) is 9.78 Å². The molecular weight excluding hydrogens is 340 g/mol. The van der Waals surface area contributed by atoms with E-state index in [2.05, 4.69) is 15.3 Å². The van der Waals surface area contributed by atoms with Crippen LogP contribution in [0.3, 0.4) is 0 Å². The summed E-state index contributed by atoms with van der Waals surface area (Å²) in [6.45, 7) is 1.76. The maximum Gasteiger partial charge on any atom is 0.321 e. The lowest BCUT2D eigenvalue weighted by Gasteiger charge is -2.52. The zero-order chi connectivity index (χ0) is 18.3. The Bertz CT molecular complexity index is 968. The van der Waals surface area contributed by atoms with Gasteiger partial charge < -0.3 is 14.6 Å². The van der Waals surface area contributed by atoms with E-state index in [0.29, 0.717) is 22.6 Å². The molecule has 3 aromatic rings. The lowest BCUT2D eigenvalue weighted by molar-refractivity contribution is 0.00515. The van der Waals surface area contributed by atoms with Gasteiger partial charge >= 0.3 is 6.03 Å². The Labute approximate surface area is 157 Å². The molecule has 1 aliphatic heterocycles. The normalized spacial score (nSPS) is 18.4. The smallest absolute Gasteiger partial charge is 0.321 e. The molecule has 1 aromatic carbocycles. The number of anilines is 1. The van der Waals surface area contributed by atoms with Crippen LogP contribution in [0.5, 0.6) is 0 Å². The first-order valence-electron chi connectivity index (χ1n) is 9.59. The summed E-state index contributed by atoms with van der Waals surface area (Å²) in [5, 5.41) is 2.99. The second-order valence-corrected chi connectivity index (χ2v) is 7.76. The van der Waals surface area contributed by atoms with Crippen LogP contribution in [0.25, 0.3) is 22.7 Å². The highest BCUT2D eigenvalue weighted by Gasteiger charge is 2.45. The summed E-state index contributed by atoms with van der Waals surface area (Å²) < 4.78 is 5.83. The molecule has 0 bridgehead atoms. The quantitative estimate of drug-likeness (QED) is 0.718. The summed E-state index contributed by atoms with van der Waals surface area (Å²) in [7, 11) is 0. The van der Waals surface area contributed by atoms with Crippen molar-refractivity contribution < 1.29 is 9.21 Å². The molecule has 3 heterocycles. The van der Waals surface area contributed by atoms with Gasteiger partial charge in [0.1, 0.15) is 11.2 Å². The second kappa shape index (κ2) is 6.37. The number of likely N-dealkylation sites (tertiary alicyclic amines) is 1. The van der Waals surface area contributed by atoms with Gasteiger partial charge in [0, 0.05) is 36.5 Å². The Balaban J connectivity index is 1.29. The summed E-state index contributed by atoms with van der Waals surface area (Å²) in [5.74, 6) is 0.482. The van der Waals surface area contributed by atoms with E-state index in [9.17, 15) is 4.79 Å². The zero-order valence-electron chi connectivity index (χ0n) is 15.1. The minimum absolute atomic E-state index is 0.0324. The van der Waals surface area contributed by atoms with Crippen molar-refractivity contribution in [1.82, 2.24) is 14.9 Å². The number of urea groups is 1. The Kier molecular flexibility index (Phi) is 3.85. The highest BCUT2D eigenvalue weighted by molar-refractivity contribution is 5.92. The van der Waals surface area contributed by atoms with E-state index in [4.69, 9.17) is 4.42 Å². The number of hydrogen-bond acceptors (Lipinski definition) is 4. The maximum absolute atomic E-state index is 12.5. The van der Waals surface area contributed by atoms with Crippen LogP contribution < -0.4 is 5.32 Å². The molecule has 6 nitrogen and oxygen atoms in total. The van der Waals surface area contributed by atoms with Gasteiger partial charge in [-0.1, -0.05) is 25.3 Å². The first-order valence-corrected chi connectivity index (χ1v) is 9.59. The number of rotatable bonds is 2. The molecule has 27 heavy (non-hydrogen) atoms. The number of benzene rings is 1. The van der Waals surface area contributed by atoms with Crippen molar-refractivity contribution in [2.75, 3.05) is 18.4 Å². The highest BCUT2D eigenvalue weighted by Crippen LogP contribution is 2.43. The van der Waals surface area contributed by atoms with E-state index in [1.807, 2.05) is 41.3 Å². The number of hydrogen-bond donors (Lipinski definition) is 1. The van der Waals surface area contributed by atoms with E-state index in [-0.39, 0.29) is 6.03 Å². The van der Waals surface area contributed by atoms with Crippen molar-refractivity contribution in [3.63, 3.8) is 0 Å². The topological polar surface area (TPSA) is 71.3 Å². The number of carbonyl (C=O) groups excluding carboxylic acids is 1. The molecule has 2 amide bonds. The van der Waals surface area contributed by atoms with Gasteiger partial charge in [0.2, 0.25) is 5.89 Å². The van der Waals surface area contributed by atoms with Crippen molar-refractivity contribution >= 4 is 22.8 Å². The molecule has 1 saturated carbocycles. The molecular formula is C21H22N4O2. The third-order valence-corrected chi connectivity index (χ3v) is 5.78. The van der Waals surface area contributed by atoms with Crippen LogP contribution >= 0.6 is 0 Å². The molecule has 2 fully saturated rings. The lowest BCUT2D eigenvalue weighted by atomic mass is 9.69. The van der Waals surface area contributed by atoms with Crippen LogP contribution in [0.15, 0.2) is 47.0 Å². The number of aromatic nitrogens is 2. The fourth-order valence-corrected chi connectivity index (χ4v) is 4.33. The molecule has 6 heteroatoms. The largest absolute Gasteiger partial charge is 0.435 e. The van der Waals surface area contributed by atoms with Crippen molar-refractivity contribution in [3.8, 4) is 11.6 Å². The zero-order valence-corrected chi connectivity index (χ0v) is 15.1. The van der Waals surface area contributed by atoms with Gasteiger partial charge in [-0.05, 0) is 37.1 Å². The van der Waals surface area contributed by atoms with Crippen LogP contribution in [0.4, 0.5) is 10.5 Å². The number of fused-ring (bicyclic) bond motifs is 1. The van der Waals surface area contributed by atoms with E-state index in [0.717, 1.165) is 24.3 Å². The van der Waals surface area contributed by atoms with E-state index >= 15 is 0 Å². The SMILES string of the molecule is O=C(Nc1ccc2nc(-c3ccccn3)oc2c1)N1CC2(CCCCC2)C1. The first kappa shape index (κ1) is 16.3. The molecule has 2 aromatic heterocycles. The van der Waals surface area contributed by atoms with Crippen LogP contribution in [-0.4, -0.2) is 34.0 Å². The van der Waals surface area contributed by atoms with Gasteiger partial charge in [-0.2, -0.15) is 0 Å². The van der Waals surface area contributed by atoms with Crippen LogP contribution in [-0.2, 0) is 0 Å². The van der Waals surface area contributed by atoms with Crippen molar-refractivity contribution in [3.05, 3.63) is 42.6 Å². The number of nitrogens with zero attached hydrogens (tertiary/aromatic N) is 3. The molecule has 2 aliphatic rings. The average Bonchev–Trinajstić information content (AvgIpc) is 3.11. The van der Waals surface area contributed by atoms with Crippen molar-refractivity contribution in [2.24, 2.45) is 5.41 Å². The summed E-state index contributed by atoms with van der Waals surface area (Å²) >= 11 is 0. The van der Waals surface area contributed by atoms with Crippen LogP contribution in [0.2, 0.25) is 0 Å². The van der Waals surface area contributed by atoms with Gasteiger partial charge in [-0.3, -0.25) is 4.98 Å². The molecule has 0 unspecified atom stereocenters. The fraction of sp³-hybridized carbons (Fsp3) is 0.381. The third-order valence-electron chi connectivity index (χ3n) is 5.78. The maximum atomic E-state index is 12.5. The van der Waals surface area contributed by atoms with Gasteiger partial charge in [0.15, 0.2) is 5.58 Å². The molecule has 5 rings (SSSR count). The molecule has 1 aliphatic carbocycles. The van der Waals surface area contributed by atoms with E-state index in [1.165, 1.54) is 32.1 Å². The number of pyridine rings is 1. The molecule has 1 N–H and O–H groups in total. The molecule has 1 saturated heterocycles. The lowest BCUT2D eigenvalue weighted by Crippen LogP contribution is -2.60. The summed E-state index contributed by atoms with van der Waals surface area (Å²) in [6, 6.07) is 11.1. The van der Waals surface area contributed by atoms with Gasteiger partial charge in [0.05, 0.1) is 0 Å². The van der Waals surface area contributed by atoms with Crippen molar-refractivity contribution in [2.45, 2.75) is 32.1 Å². The summed E-state index contributed by atoms with van der Waals surface area (Å²) in [4.78, 5) is 23.2. The molecule has 1 spiro atoms. The second-order valence-electron chi connectivity index (χ2n) is 7.76. The molecule has 0 atom stereocenters. The van der Waals surface area contributed by atoms with Crippen LogP contribution in [0, 0.1) is 5.41 Å². The van der Waals surface area contributed by atoms with Crippen molar-refractivity contribution in [1.29, 1.82) is 0 Å². The molecule has 138 valence electrons. The van der Waals surface area contributed by atoms with E-state index < -0.39 is 0 Å². The predicted octanol–water partition coefficient (Wildman–Crippen LogP) is 4.69. The number of amides is 2. The standard InChI is InChI=1S/C21H22N4O2/c26-20(25-13-21(14-25)9-3-1-4-10-21)23-15-7-8-16-18(12-15)27-19(24-16)17-6-2-5-11-22-17/h2,5-8,11-12H,1,3-4,9-10,13-14H2,(H,23,26). The number of carbonyl (C=O) groups is 1. The van der Waals surface area contributed by atoms with E-state index in [1.54, 1.807) is 6.20 Å². The fourth-order valence-electron chi connectivity index (χ4n) is 4.33. The Morgan fingerprint density at radius 1 is 1.11 bits per heavy atom. The Morgan fingerprint density at radius 3 is 2.74 bits per heavy atom. The summed E-state index contributed by atoms with van der Waals surface area (Å²) in [5.41, 5.74) is 3.19. The highest BCUT2D eigenvalue weighted by atomic mass is 16.3. The van der Waals surface area contributed by atoms with Crippen LogP contribution in [0.1, 0.15) is 32.1 Å². The molecule has 0 radical (unpaired) electrons. The minimum Gasteiger partial charge on any atom is -0.435 e. The Morgan fingerprint density at radius 2 is 1.96 bits per heavy atom. The third kappa shape index (κ3) is 3.05. The minimum atomic E-state index is -0.0324. The monoisotopic (exact) mass is 362 g/mol. The number of oxazole rings is 1. The van der Waals surface area contributed by atoms with Gasteiger partial charge in [-0.15, -0.1) is 0 Å². The predicted molar refractivity (Wildman–Crippen MR) is 103 cm³/mol. The van der Waals surface area contributed by atoms with Gasteiger partial charge in [0.25, 0.3) is 0 Å². The summed E-state index contributed by atoms with van der Waals surface area (Å²) in [6.07, 6.45) is 8.17. The Hall–Kier alpha value is -2.89. The number of nitrogens with one attached hydrogen (secondary N) is 1.